The molecule has 0 aliphatic carbocycles. The molecule has 0 unspecified atom stereocenters. The molecule has 0 fully saturated rings. The van der Waals surface area contributed by atoms with Gasteiger partial charge in [0.05, 0.1) is 6.54 Å². The van der Waals surface area contributed by atoms with Gasteiger partial charge in [0.15, 0.2) is 5.69 Å². The topological polar surface area (TPSA) is 75.8 Å². The van der Waals surface area contributed by atoms with Crippen LogP contribution in [0.2, 0.25) is 0 Å². The minimum absolute atomic E-state index is 0.238. The molecule has 0 saturated heterocycles. The zero-order chi connectivity index (χ0) is 6.69. The molecule has 1 aromatic rings. The van der Waals surface area contributed by atoms with Crippen molar-refractivity contribution in [3.63, 3.8) is 0 Å². The van der Waals surface area contributed by atoms with Crippen LogP contribution in [0.1, 0.15) is 11.6 Å². The predicted molar refractivity (Wildman–Crippen MR) is 29.1 cm³/mol. The summed E-state index contributed by atoms with van der Waals surface area (Å²) in [6.45, 7) is 0.238. The molecule has 1 aromatic heterocycles. The van der Waals surface area contributed by atoms with Crippen LogP contribution in [0.4, 0.5) is 0 Å². The Hall–Kier alpha value is -1.34. The first-order chi connectivity index (χ1) is 4.36. The Balaban J connectivity index is 2.90. The number of nitrogens with zero attached hydrogens (tertiary/aromatic N) is 2. The molecule has 0 saturated carbocycles. The van der Waals surface area contributed by atoms with Gasteiger partial charge in [0, 0.05) is 0 Å². The summed E-state index contributed by atoms with van der Waals surface area (Å²) in [5.41, 5.74) is 5.43. The van der Waals surface area contributed by atoms with E-state index in [0.717, 1.165) is 0 Å². The van der Waals surface area contributed by atoms with Gasteiger partial charge in [0.2, 0.25) is 5.89 Å². The standard InChI is InChI=1S/C5H5N3O/c6-1-4-3-9-5(2-7)8-4/h3H,2,7H2. The minimum Gasteiger partial charge on any atom is -0.446 e. The highest BCUT2D eigenvalue weighted by Gasteiger charge is 1.97. The summed E-state index contributed by atoms with van der Waals surface area (Å²) >= 11 is 0. The molecule has 0 amide bonds. The molecule has 1 rings (SSSR count). The maximum Gasteiger partial charge on any atom is 0.209 e. The molecule has 0 aliphatic rings. The van der Waals surface area contributed by atoms with Crippen molar-refractivity contribution in [1.29, 1.82) is 5.26 Å². The fraction of sp³-hybridized carbons (Fsp3) is 0.200. The Bertz CT molecular complexity index is 235. The fourth-order valence-electron chi connectivity index (χ4n) is 0.456. The second-order valence-corrected chi connectivity index (χ2v) is 1.44. The van der Waals surface area contributed by atoms with Gasteiger partial charge in [-0.2, -0.15) is 5.26 Å². The number of hydrogen-bond donors (Lipinski definition) is 1. The first-order valence-corrected chi connectivity index (χ1v) is 2.41. The van der Waals surface area contributed by atoms with E-state index in [2.05, 4.69) is 4.98 Å². The van der Waals surface area contributed by atoms with Crippen LogP contribution in [0.5, 0.6) is 0 Å². The molecule has 2 N–H and O–H groups in total. The summed E-state index contributed by atoms with van der Waals surface area (Å²) in [6.07, 6.45) is 1.28. The molecule has 1 heterocycles. The van der Waals surface area contributed by atoms with Crippen molar-refractivity contribution in [2.75, 3.05) is 0 Å². The zero-order valence-electron chi connectivity index (χ0n) is 4.66. The summed E-state index contributed by atoms with van der Waals surface area (Å²) in [5, 5.41) is 8.23. The van der Waals surface area contributed by atoms with Gasteiger partial charge < -0.3 is 10.2 Å². The predicted octanol–water partition coefficient (Wildman–Crippen LogP) is 0.00498. The smallest absolute Gasteiger partial charge is 0.209 e. The van der Waals surface area contributed by atoms with Gasteiger partial charge in [0.25, 0.3) is 0 Å². The first-order valence-electron chi connectivity index (χ1n) is 2.41. The number of nitriles is 1. The Kier molecular flexibility index (Phi) is 1.47. The van der Waals surface area contributed by atoms with Crippen molar-refractivity contribution >= 4 is 0 Å². The zero-order valence-corrected chi connectivity index (χ0v) is 4.66. The van der Waals surface area contributed by atoms with Gasteiger partial charge in [-0.15, -0.1) is 0 Å². The van der Waals surface area contributed by atoms with Crippen molar-refractivity contribution in [2.24, 2.45) is 5.73 Å². The quantitative estimate of drug-likeness (QED) is 0.570. The molecule has 0 aliphatic heterocycles. The van der Waals surface area contributed by atoms with Gasteiger partial charge in [-0.3, -0.25) is 0 Å². The van der Waals surface area contributed by atoms with Crippen molar-refractivity contribution in [1.82, 2.24) is 4.98 Å². The Morgan fingerprint density at radius 3 is 3.00 bits per heavy atom. The molecule has 0 spiro atoms. The van der Waals surface area contributed by atoms with E-state index in [0.29, 0.717) is 5.89 Å². The summed E-state index contributed by atoms with van der Waals surface area (Å²) in [4.78, 5) is 3.69. The molecule has 0 radical (unpaired) electrons. The van der Waals surface area contributed by atoms with Crippen LogP contribution in [-0.4, -0.2) is 4.98 Å². The van der Waals surface area contributed by atoms with Crippen LogP contribution in [0.15, 0.2) is 10.7 Å². The Morgan fingerprint density at radius 1 is 1.89 bits per heavy atom. The molecule has 4 heteroatoms. The van der Waals surface area contributed by atoms with E-state index in [1.54, 1.807) is 0 Å². The van der Waals surface area contributed by atoms with Gasteiger partial charge >= 0.3 is 0 Å². The third kappa shape index (κ3) is 1.06. The summed E-state index contributed by atoms with van der Waals surface area (Å²) in [7, 11) is 0. The van der Waals surface area contributed by atoms with Gasteiger partial charge in [-0.25, -0.2) is 4.98 Å². The highest BCUT2D eigenvalue weighted by molar-refractivity contribution is 5.14. The summed E-state index contributed by atoms with van der Waals surface area (Å²) in [6, 6.07) is 1.82. The average Bonchev–Trinajstić information content (AvgIpc) is 2.34. The third-order valence-electron chi connectivity index (χ3n) is 0.841. The van der Waals surface area contributed by atoms with Gasteiger partial charge in [-0.05, 0) is 0 Å². The van der Waals surface area contributed by atoms with E-state index < -0.39 is 0 Å². The van der Waals surface area contributed by atoms with E-state index in [9.17, 15) is 0 Å². The minimum atomic E-state index is 0.238. The number of nitrogens with two attached hydrogens (primary N) is 1. The lowest BCUT2D eigenvalue weighted by Gasteiger charge is -1.78. The van der Waals surface area contributed by atoms with Crippen molar-refractivity contribution in [3.05, 3.63) is 17.8 Å². The van der Waals surface area contributed by atoms with E-state index in [1.165, 1.54) is 6.26 Å². The number of hydrogen-bond acceptors (Lipinski definition) is 4. The molecular formula is C5H5N3O. The van der Waals surface area contributed by atoms with E-state index in [1.807, 2.05) is 6.07 Å². The van der Waals surface area contributed by atoms with Gasteiger partial charge in [0.1, 0.15) is 12.3 Å². The van der Waals surface area contributed by atoms with Crippen LogP contribution in [-0.2, 0) is 6.54 Å². The van der Waals surface area contributed by atoms with E-state index in [4.69, 9.17) is 15.4 Å². The normalized spacial score (nSPS) is 8.89. The van der Waals surface area contributed by atoms with E-state index in [-0.39, 0.29) is 12.2 Å². The van der Waals surface area contributed by atoms with Crippen LogP contribution in [0, 0.1) is 11.3 Å². The molecule has 9 heavy (non-hydrogen) atoms. The van der Waals surface area contributed by atoms with Gasteiger partial charge in [-0.1, -0.05) is 0 Å². The van der Waals surface area contributed by atoms with Crippen LogP contribution >= 0.6 is 0 Å². The molecule has 0 atom stereocenters. The second kappa shape index (κ2) is 2.29. The second-order valence-electron chi connectivity index (χ2n) is 1.44. The Morgan fingerprint density at radius 2 is 2.67 bits per heavy atom. The Labute approximate surface area is 51.9 Å². The number of rotatable bonds is 1. The maximum atomic E-state index is 8.23. The number of aromatic nitrogens is 1. The fourth-order valence-corrected chi connectivity index (χ4v) is 0.456. The monoisotopic (exact) mass is 123 g/mol. The third-order valence-corrected chi connectivity index (χ3v) is 0.841. The lowest BCUT2D eigenvalue weighted by Crippen LogP contribution is -1.95. The highest BCUT2D eigenvalue weighted by Crippen LogP contribution is 1.97. The number of oxazole rings is 1. The molecule has 4 nitrogen and oxygen atoms in total. The molecule has 0 aromatic carbocycles. The van der Waals surface area contributed by atoms with Crippen LogP contribution in [0.25, 0.3) is 0 Å². The first kappa shape index (κ1) is 5.79. The van der Waals surface area contributed by atoms with Crippen molar-refractivity contribution in [3.8, 4) is 6.07 Å². The average molecular weight is 123 g/mol. The van der Waals surface area contributed by atoms with Crippen LogP contribution < -0.4 is 5.73 Å². The maximum absolute atomic E-state index is 8.23. The van der Waals surface area contributed by atoms with E-state index >= 15 is 0 Å². The highest BCUT2D eigenvalue weighted by atomic mass is 16.3. The SMILES string of the molecule is N#Cc1coc(CN)n1. The lowest BCUT2D eigenvalue weighted by atomic mass is 10.5. The largest absolute Gasteiger partial charge is 0.446 e. The summed E-state index contributed by atoms with van der Waals surface area (Å²) in [5.74, 6) is 0.395. The molecule has 0 bridgehead atoms. The van der Waals surface area contributed by atoms with Crippen LogP contribution in [0.3, 0.4) is 0 Å². The summed E-state index contributed by atoms with van der Waals surface area (Å²) < 4.78 is 4.75. The molecular weight excluding hydrogens is 118 g/mol. The molecule has 46 valence electrons. The van der Waals surface area contributed by atoms with Crippen molar-refractivity contribution in [2.45, 2.75) is 6.54 Å². The lowest BCUT2D eigenvalue weighted by molar-refractivity contribution is 0.497. The van der Waals surface area contributed by atoms with Crippen molar-refractivity contribution < 1.29 is 4.42 Å².